The van der Waals surface area contributed by atoms with Gasteiger partial charge < -0.3 is 4.74 Å². The van der Waals surface area contributed by atoms with Crippen molar-refractivity contribution in [3.05, 3.63) is 29.8 Å². The second-order valence-corrected chi connectivity index (χ2v) is 5.72. The Hall–Kier alpha value is -1.19. The first-order chi connectivity index (χ1) is 8.08. The van der Waals surface area contributed by atoms with Crippen molar-refractivity contribution in [1.82, 2.24) is 0 Å². The lowest BCUT2D eigenvalue weighted by atomic mass is 9.90. The van der Waals surface area contributed by atoms with Crippen molar-refractivity contribution in [1.29, 1.82) is 0 Å². The molecule has 0 aromatic heterocycles. The first-order valence-corrected chi connectivity index (χ1v) is 5.92. The highest BCUT2D eigenvalue weighted by atomic mass is 19.4. The molecule has 0 aliphatic carbocycles. The van der Waals surface area contributed by atoms with Crippen LogP contribution < -0.4 is 4.74 Å². The highest BCUT2D eigenvalue weighted by Gasteiger charge is 2.30. The van der Waals surface area contributed by atoms with E-state index in [0.29, 0.717) is 5.75 Å². The monoisotopic (exact) mass is 260 g/mol. The smallest absolute Gasteiger partial charge is 0.416 e. The molecule has 0 spiro atoms. The largest absolute Gasteiger partial charge is 0.491 e. The van der Waals surface area contributed by atoms with E-state index in [1.54, 1.807) is 0 Å². The molecule has 1 aromatic carbocycles. The van der Waals surface area contributed by atoms with Crippen LogP contribution in [-0.2, 0) is 6.18 Å². The van der Waals surface area contributed by atoms with E-state index in [1.165, 1.54) is 12.1 Å². The van der Waals surface area contributed by atoms with Crippen LogP contribution in [0, 0.1) is 5.41 Å². The fourth-order valence-electron chi connectivity index (χ4n) is 1.86. The molecule has 0 bridgehead atoms. The molecule has 1 rings (SSSR count). The van der Waals surface area contributed by atoms with Gasteiger partial charge in [0.15, 0.2) is 0 Å². The highest BCUT2D eigenvalue weighted by molar-refractivity contribution is 5.28. The molecule has 0 aliphatic rings. The molecule has 1 nitrogen and oxygen atoms in total. The van der Waals surface area contributed by atoms with E-state index >= 15 is 0 Å². The number of benzene rings is 1. The van der Waals surface area contributed by atoms with Gasteiger partial charge in [0.2, 0.25) is 0 Å². The molecule has 1 aromatic rings. The first kappa shape index (κ1) is 14.9. The number of rotatable bonds is 3. The van der Waals surface area contributed by atoms with E-state index in [0.717, 1.165) is 18.6 Å². The molecule has 1 atom stereocenters. The van der Waals surface area contributed by atoms with Gasteiger partial charge in [0.25, 0.3) is 0 Å². The summed E-state index contributed by atoms with van der Waals surface area (Å²) < 4.78 is 42.7. The average molecular weight is 260 g/mol. The molecule has 0 aliphatic heterocycles. The second kappa shape index (κ2) is 5.21. The summed E-state index contributed by atoms with van der Waals surface area (Å²) in [5.41, 5.74) is -0.524. The molecule has 0 heterocycles. The van der Waals surface area contributed by atoms with Gasteiger partial charge in [0, 0.05) is 0 Å². The van der Waals surface area contributed by atoms with Crippen molar-refractivity contribution in [3.8, 4) is 5.75 Å². The van der Waals surface area contributed by atoms with Crippen LogP contribution >= 0.6 is 0 Å². The van der Waals surface area contributed by atoms with Gasteiger partial charge in [-0.1, -0.05) is 20.8 Å². The molecule has 0 N–H and O–H groups in total. The third kappa shape index (κ3) is 4.98. The summed E-state index contributed by atoms with van der Waals surface area (Å²) in [6, 6.07) is 4.81. The Bertz CT molecular complexity index is 374. The zero-order valence-electron chi connectivity index (χ0n) is 11.1. The summed E-state index contributed by atoms with van der Waals surface area (Å²) >= 11 is 0. The normalized spacial score (nSPS) is 14.4. The molecular formula is C14H19F3O. The number of ether oxygens (including phenoxy) is 1. The van der Waals surface area contributed by atoms with E-state index in [1.807, 2.05) is 6.92 Å². The quantitative estimate of drug-likeness (QED) is 0.750. The molecule has 0 fully saturated rings. The molecule has 0 saturated heterocycles. The number of hydrogen-bond donors (Lipinski definition) is 0. The van der Waals surface area contributed by atoms with Gasteiger partial charge in [0.1, 0.15) is 5.75 Å². The molecular weight excluding hydrogens is 241 g/mol. The summed E-state index contributed by atoms with van der Waals surface area (Å²) in [6.45, 7) is 8.21. The van der Waals surface area contributed by atoms with Gasteiger partial charge in [-0.2, -0.15) is 13.2 Å². The van der Waals surface area contributed by atoms with Gasteiger partial charge >= 0.3 is 6.18 Å². The third-order valence-corrected chi connectivity index (χ3v) is 2.42. The lowest BCUT2D eigenvalue weighted by Crippen LogP contribution is -2.20. The molecule has 0 radical (unpaired) electrons. The Morgan fingerprint density at radius 1 is 1.06 bits per heavy atom. The van der Waals surface area contributed by atoms with Crippen molar-refractivity contribution >= 4 is 0 Å². The van der Waals surface area contributed by atoms with Crippen molar-refractivity contribution in [2.24, 2.45) is 5.41 Å². The molecule has 0 amide bonds. The average Bonchev–Trinajstić information content (AvgIpc) is 2.13. The molecule has 4 heteroatoms. The number of hydrogen-bond acceptors (Lipinski definition) is 1. The van der Waals surface area contributed by atoms with Gasteiger partial charge in [0.05, 0.1) is 11.7 Å². The highest BCUT2D eigenvalue weighted by Crippen LogP contribution is 2.31. The van der Waals surface area contributed by atoms with Crippen molar-refractivity contribution in [3.63, 3.8) is 0 Å². The topological polar surface area (TPSA) is 9.23 Å². The van der Waals surface area contributed by atoms with Crippen molar-refractivity contribution in [2.75, 3.05) is 0 Å². The Morgan fingerprint density at radius 2 is 1.56 bits per heavy atom. The van der Waals surface area contributed by atoms with Gasteiger partial charge in [-0.3, -0.25) is 0 Å². The van der Waals surface area contributed by atoms with E-state index in [2.05, 4.69) is 20.8 Å². The Balaban J connectivity index is 2.64. The third-order valence-electron chi connectivity index (χ3n) is 2.42. The standard InChI is InChI=1S/C14H19F3O/c1-10(9-13(2,3)4)18-12-7-5-11(6-8-12)14(15,16)17/h5-8,10H,9H2,1-4H3. The summed E-state index contributed by atoms with van der Waals surface area (Å²) in [4.78, 5) is 0. The van der Waals surface area contributed by atoms with Crippen LogP contribution in [0.5, 0.6) is 5.75 Å². The Kier molecular flexibility index (Phi) is 4.30. The number of halogens is 3. The molecule has 18 heavy (non-hydrogen) atoms. The minimum Gasteiger partial charge on any atom is -0.491 e. The Morgan fingerprint density at radius 3 is 1.94 bits per heavy atom. The maximum absolute atomic E-state index is 12.4. The fraction of sp³-hybridized carbons (Fsp3) is 0.571. The van der Waals surface area contributed by atoms with Gasteiger partial charge in [-0.15, -0.1) is 0 Å². The predicted octanol–water partition coefficient (Wildman–Crippen LogP) is 4.91. The van der Waals surface area contributed by atoms with Crippen molar-refractivity contribution < 1.29 is 17.9 Å². The number of alkyl halides is 3. The van der Waals surface area contributed by atoms with Crippen LogP contribution in [0.2, 0.25) is 0 Å². The van der Waals surface area contributed by atoms with Crippen LogP contribution in [-0.4, -0.2) is 6.10 Å². The minimum absolute atomic E-state index is 0.0262. The zero-order valence-corrected chi connectivity index (χ0v) is 11.1. The summed E-state index contributed by atoms with van der Waals surface area (Å²) in [5, 5.41) is 0. The van der Waals surface area contributed by atoms with E-state index < -0.39 is 11.7 Å². The Labute approximate surface area is 106 Å². The SMILES string of the molecule is CC(CC(C)(C)C)Oc1ccc(C(F)(F)F)cc1. The van der Waals surface area contributed by atoms with Gasteiger partial charge in [-0.25, -0.2) is 0 Å². The van der Waals surface area contributed by atoms with E-state index in [-0.39, 0.29) is 11.5 Å². The second-order valence-electron chi connectivity index (χ2n) is 5.72. The molecule has 0 saturated carbocycles. The van der Waals surface area contributed by atoms with Crippen LogP contribution in [0.25, 0.3) is 0 Å². The fourth-order valence-corrected chi connectivity index (χ4v) is 1.86. The van der Waals surface area contributed by atoms with E-state index in [4.69, 9.17) is 4.74 Å². The first-order valence-electron chi connectivity index (χ1n) is 5.92. The van der Waals surface area contributed by atoms with Crippen LogP contribution in [0.4, 0.5) is 13.2 Å². The molecule has 102 valence electrons. The maximum Gasteiger partial charge on any atom is 0.416 e. The van der Waals surface area contributed by atoms with Crippen LogP contribution in [0.3, 0.4) is 0 Å². The van der Waals surface area contributed by atoms with Crippen LogP contribution in [0.1, 0.15) is 39.7 Å². The van der Waals surface area contributed by atoms with Gasteiger partial charge in [-0.05, 0) is 43.0 Å². The predicted molar refractivity (Wildman–Crippen MR) is 65.6 cm³/mol. The lowest BCUT2D eigenvalue weighted by molar-refractivity contribution is -0.137. The summed E-state index contributed by atoms with van der Waals surface area (Å²) in [7, 11) is 0. The van der Waals surface area contributed by atoms with Crippen molar-refractivity contribution in [2.45, 2.75) is 46.4 Å². The van der Waals surface area contributed by atoms with Crippen LogP contribution in [0.15, 0.2) is 24.3 Å². The molecule has 1 unspecified atom stereocenters. The maximum atomic E-state index is 12.4. The summed E-state index contributed by atoms with van der Waals surface area (Å²) in [5.74, 6) is 0.472. The lowest BCUT2D eigenvalue weighted by Gasteiger charge is -2.24. The zero-order chi connectivity index (χ0) is 14.0. The van der Waals surface area contributed by atoms with E-state index in [9.17, 15) is 13.2 Å². The summed E-state index contributed by atoms with van der Waals surface area (Å²) in [6.07, 6.45) is -3.48. The minimum atomic E-state index is -4.30.